The Morgan fingerprint density at radius 1 is 1.07 bits per heavy atom. The van der Waals surface area contributed by atoms with Gasteiger partial charge in [0.1, 0.15) is 11.5 Å². The molecule has 0 spiro atoms. The minimum atomic E-state index is -0.921. The van der Waals surface area contributed by atoms with Gasteiger partial charge in [-0.05, 0) is 44.0 Å². The van der Waals surface area contributed by atoms with Gasteiger partial charge < -0.3 is 19.5 Å². The summed E-state index contributed by atoms with van der Waals surface area (Å²) in [7, 11) is 0. The summed E-state index contributed by atoms with van der Waals surface area (Å²) in [6, 6.07) is 7.00. The van der Waals surface area contributed by atoms with Crippen molar-refractivity contribution in [1.29, 1.82) is 0 Å². The van der Waals surface area contributed by atoms with E-state index in [-0.39, 0.29) is 17.5 Å². The quantitative estimate of drug-likeness (QED) is 0.883. The lowest BCUT2D eigenvalue weighted by atomic mass is 10.1. The lowest BCUT2D eigenvalue weighted by Crippen LogP contribution is -2.54. The van der Waals surface area contributed by atoms with Crippen molar-refractivity contribution in [3.05, 3.63) is 47.5 Å². The fraction of sp³-hybridized carbons (Fsp3) is 0.476. The number of aromatic carboxylic acids is 1. The van der Waals surface area contributed by atoms with E-state index in [0.29, 0.717) is 12.2 Å². The molecule has 0 radical (unpaired) electrons. The number of hydrogen-bond donors (Lipinski definition) is 1. The summed E-state index contributed by atoms with van der Waals surface area (Å²) in [5.74, 6) is 0.176. The smallest absolute Gasteiger partial charge is 0.335 e. The predicted molar refractivity (Wildman–Crippen MR) is 106 cm³/mol. The molecule has 1 fully saturated rings. The van der Waals surface area contributed by atoms with Crippen LogP contribution in [0.1, 0.15) is 52.9 Å². The van der Waals surface area contributed by atoms with Crippen molar-refractivity contribution in [1.82, 2.24) is 14.5 Å². The number of aryl methyl sites for hydroxylation is 1. The largest absolute Gasteiger partial charge is 0.478 e. The van der Waals surface area contributed by atoms with Crippen LogP contribution in [-0.2, 0) is 13.0 Å². The van der Waals surface area contributed by atoms with E-state index in [0.717, 1.165) is 50.4 Å². The van der Waals surface area contributed by atoms with Gasteiger partial charge in [0.15, 0.2) is 0 Å². The Bertz CT molecular complexity index is 874. The van der Waals surface area contributed by atoms with Crippen LogP contribution < -0.4 is 4.90 Å². The average molecular weight is 382 g/mol. The number of aromatic nitrogens is 2. The molecular weight excluding hydrogens is 356 g/mol. The third-order valence-electron chi connectivity index (χ3n) is 5.81. The number of anilines is 1. The average Bonchev–Trinajstić information content (AvgIpc) is 2.95. The highest BCUT2D eigenvalue weighted by Gasteiger charge is 2.30. The van der Waals surface area contributed by atoms with Crippen LogP contribution >= 0.6 is 0 Å². The molecule has 1 unspecified atom stereocenters. The summed E-state index contributed by atoms with van der Waals surface area (Å²) >= 11 is 0. The van der Waals surface area contributed by atoms with E-state index >= 15 is 0 Å². The first-order chi connectivity index (χ1) is 13.5. The zero-order valence-corrected chi connectivity index (χ0v) is 16.2. The van der Waals surface area contributed by atoms with Gasteiger partial charge in [-0.2, -0.15) is 0 Å². The zero-order valence-electron chi connectivity index (χ0n) is 16.2. The molecule has 28 heavy (non-hydrogen) atoms. The third kappa shape index (κ3) is 3.48. The van der Waals surface area contributed by atoms with Crippen molar-refractivity contribution in [3.63, 3.8) is 0 Å². The number of nitrogens with zero attached hydrogens (tertiary/aromatic N) is 4. The van der Waals surface area contributed by atoms with Gasteiger partial charge in [-0.3, -0.25) is 4.79 Å². The Morgan fingerprint density at radius 3 is 2.57 bits per heavy atom. The summed E-state index contributed by atoms with van der Waals surface area (Å²) in [4.78, 5) is 32.9. The van der Waals surface area contributed by atoms with Gasteiger partial charge in [0.2, 0.25) is 0 Å². The molecule has 1 amide bonds. The fourth-order valence-corrected chi connectivity index (χ4v) is 4.22. The van der Waals surface area contributed by atoms with Crippen LogP contribution in [0.25, 0.3) is 0 Å². The van der Waals surface area contributed by atoms with Crippen molar-refractivity contribution >= 4 is 17.6 Å². The van der Waals surface area contributed by atoms with Crippen molar-refractivity contribution in [2.75, 3.05) is 24.5 Å². The minimum Gasteiger partial charge on any atom is -0.478 e. The van der Waals surface area contributed by atoms with Crippen LogP contribution in [0.15, 0.2) is 30.5 Å². The van der Waals surface area contributed by atoms with Crippen LogP contribution in [0.5, 0.6) is 0 Å². The highest BCUT2D eigenvalue weighted by Crippen LogP contribution is 2.23. The van der Waals surface area contributed by atoms with E-state index in [2.05, 4.69) is 21.4 Å². The maximum atomic E-state index is 13.2. The second-order valence-electron chi connectivity index (χ2n) is 7.67. The van der Waals surface area contributed by atoms with Gasteiger partial charge >= 0.3 is 5.97 Å². The number of amides is 1. The fourth-order valence-electron chi connectivity index (χ4n) is 4.22. The molecule has 0 aliphatic carbocycles. The number of carbonyl (C=O) groups is 2. The van der Waals surface area contributed by atoms with E-state index < -0.39 is 5.97 Å². The summed E-state index contributed by atoms with van der Waals surface area (Å²) in [5.41, 5.74) is 1.98. The summed E-state index contributed by atoms with van der Waals surface area (Å²) in [6.45, 7) is 5.03. The Labute approximate surface area is 164 Å². The first kappa shape index (κ1) is 18.5. The van der Waals surface area contributed by atoms with Gasteiger partial charge in [-0.25, -0.2) is 9.78 Å². The first-order valence-electron chi connectivity index (χ1n) is 9.98. The van der Waals surface area contributed by atoms with Crippen molar-refractivity contribution in [2.24, 2.45) is 0 Å². The standard InChI is InChI=1S/C21H26N4O3/c1-15-14-23(17-8-6-16(7-9-17)21(27)28)11-12-24(15)20(26)18-13-22-19-5-3-2-4-10-25(18)19/h6-9,13,15H,2-5,10-12,14H2,1H3,(H,27,28). The van der Waals surface area contributed by atoms with Gasteiger partial charge in [-0.1, -0.05) is 6.42 Å². The number of imidazole rings is 1. The lowest BCUT2D eigenvalue weighted by Gasteiger charge is -2.41. The number of benzene rings is 1. The first-order valence-corrected chi connectivity index (χ1v) is 9.98. The van der Waals surface area contributed by atoms with Gasteiger partial charge in [0.25, 0.3) is 5.91 Å². The van der Waals surface area contributed by atoms with Crippen LogP contribution in [0, 0.1) is 0 Å². The maximum Gasteiger partial charge on any atom is 0.335 e. The Hall–Kier alpha value is -2.83. The Morgan fingerprint density at radius 2 is 1.86 bits per heavy atom. The molecule has 148 valence electrons. The van der Waals surface area contributed by atoms with Crippen LogP contribution in [0.2, 0.25) is 0 Å². The van der Waals surface area contributed by atoms with Gasteiger partial charge in [0, 0.05) is 44.3 Å². The SMILES string of the molecule is CC1CN(c2ccc(C(=O)O)cc2)CCN1C(=O)c1cnc2n1CCCCC2. The predicted octanol–water partition coefficient (Wildman–Crippen LogP) is 2.66. The van der Waals surface area contributed by atoms with E-state index in [1.807, 2.05) is 17.0 Å². The third-order valence-corrected chi connectivity index (χ3v) is 5.81. The van der Waals surface area contributed by atoms with Crippen LogP contribution in [0.3, 0.4) is 0 Å². The molecular formula is C21H26N4O3. The van der Waals surface area contributed by atoms with E-state index in [1.54, 1.807) is 18.3 Å². The molecule has 0 bridgehead atoms. The molecule has 1 atom stereocenters. The molecule has 3 heterocycles. The normalized spacial score (nSPS) is 19.8. The highest BCUT2D eigenvalue weighted by molar-refractivity contribution is 5.93. The molecule has 0 saturated carbocycles. The number of carbonyl (C=O) groups excluding carboxylic acids is 1. The van der Waals surface area contributed by atoms with Crippen molar-refractivity contribution < 1.29 is 14.7 Å². The van der Waals surface area contributed by atoms with E-state index in [9.17, 15) is 9.59 Å². The van der Waals surface area contributed by atoms with E-state index in [1.165, 1.54) is 6.42 Å². The zero-order chi connectivity index (χ0) is 19.7. The molecule has 1 aromatic heterocycles. The number of carboxylic acids is 1. The minimum absolute atomic E-state index is 0.0639. The van der Waals surface area contributed by atoms with Gasteiger partial charge in [0.05, 0.1) is 11.8 Å². The molecule has 1 saturated heterocycles. The van der Waals surface area contributed by atoms with Crippen molar-refractivity contribution in [3.8, 4) is 0 Å². The molecule has 2 aliphatic heterocycles. The number of hydrogen-bond acceptors (Lipinski definition) is 4. The van der Waals surface area contributed by atoms with Crippen LogP contribution in [0.4, 0.5) is 5.69 Å². The molecule has 7 nitrogen and oxygen atoms in total. The number of rotatable bonds is 3. The molecule has 2 aromatic rings. The summed E-state index contributed by atoms with van der Waals surface area (Å²) < 4.78 is 2.11. The van der Waals surface area contributed by atoms with Crippen molar-refractivity contribution in [2.45, 2.75) is 45.2 Å². The number of piperazine rings is 1. The van der Waals surface area contributed by atoms with Crippen LogP contribution in [-0.4, -0.2) is 57.1 Å². The highest BCUT2D eigenvalue weighted by atomic mass is 16.4. The molecule has 4 rings (SSSR count). The van der Waals surface area contributed by atoms with E-state index in [4.69, 9.17) is 5.11 Å². The second kappa shape index (κ2) is 7.66. The summed E-state index contributed by atoms with van der Waals surface area (Å²) in [6.07, 6.45) is 6.11. The lowest BCUT2D eigenvalue weighted by molar-refractivity contribution is 0.0659. The summed E-state index contributed by atoms with van der Waals surface area (Å²) in [5, 5.41) is 9.05. The molecule has 1 aromatic carbocycles. The topological polar surface area (TPSA) is 78.7 Å². The maximum absolute atomic E-state index is 13.2. The monoisotopic (exact) mass is 382 g/mol. The number of carboxylic acid groups (broad SMARTS) is 1. The van der Waals surface area contributed by atoms with Gasteiger partial charge in [-0.15, -0.1) is 0 Å². The molecule has 7 heteroatoms. The Balaban J connectivity index is 1.46. The Kier molecular flexibility index (Phi) is 5.07. The number of fused-ring (bicyclic) bond motifs is 1. The molecule has 1 N–H and O–H groups in total. The molecule has 2 aliphatic rings. The second-order valence-corrected chi connectivity index (χ2v) is 7.67.